The van der Waals surface area contributed by atoms with Crippen molar-refractivity contribution in [3.8, 4) is 10.7 Å². The minimum atomic E-state index is -0.171. The van der Waals surface area contributed by atoms with Gasteiger partial charge in [-0.05, 0) is 80.4 Å². The molecule has 4 atom stereocenters. The first-order chi connectivity index (χ1) is 14.5. The maximum Gasteiger partial charge on any atom is 0.220 e. The minimum Gasteiger partial charge on any atom is -0.369 e. The summed E-state index contributed by atoms with van der Waals surface area (Å²) in [5, 5.41) is 7.12. The number of amides is 1. The molecule has 0 unspecified atom stereocenters. The van der Waals surface area contributed by atoms with Gasteiger partial charge in [0.2, 0.25) is 5.91 Å². The van der Waals surface area contributed by atoms with Crippen molar-refractivity contribution in [3.05, 3.63) is 22.3 Å². The summed E-state index contributed by atoms with van der Waals surface area (Å²) in [5.74, 6) is 3.32. The fourth-order valence-corrected chi connectivity index (χ4v) is 7.13. The molecule has 3 heterocycles. The summed E-state index contributed by atoms with van der Waals surface area (Å²) in [6.45, 7) is 4.75. The highest BCUT2D eigenvalue weighted by Gasteiger charge is 2.43. The van der Waals surface area contributed by atoms with Crippen molar-refractivity contribution in [1.29, 1.82) is 0 Å². The van der Waals surface area contributed by atoms with Crippen molar-refractivity contribution >= 4 is 29.5 Å². The third-order valence-corrected chi connectivity index (χ3v) is 9.03. The molecular formula is C22H31N5OS2. The monoisotopic (exact) mass is 445 g/mol. The summed E-state index contributed by atoms with van der Waals surface area (Å²) >= 11 is 7.71. The highest BCUT2D eigenvalue weighted by molar-refractivity contribution is 7.71. The van der Waals surface area contributed by atoms with Gasteiger partial charge in [0.1, 0.15) is 0 Å². The lowest BCUT2D eigenvalue weighted by Gasteiger charge is -2.30. The zero-order chi connectivity index (χ0) is 20.8. The van der Waals surface area contributed by atoms with E-state index in [1.165, 1.54) is 30.6 Å². The molecule has 2 bridgehead atoms. The Bertz CT molecular complexity index is 957. The van der Waals surface area contributed by atoms with E-state index >= 15 is 0 Å². The summed E-state index contributed by atoms with van der Waals surface area (Å²) in [6.07, 6.45) is 7.18. The molecule has 1 amide bonds. The molecule has 3 aliphatic rings. The Morgan fingerprint density at radius 1 is 1.30 bits per heavy atom. The first-order valence-electron chi connectivity index (χ1n) is 11.3. The predicted octanol–water partition coefficient (Wildman–Crippen LogP) is 4.29. The van der Waals surface area contributed by atoms with E-state index in [0.29, 0.717) is 18.6 Å². The molecule has 2 aromatic heterocycles. The number of hydrogen-bond donors (Lipinski definition) is 1. The number of piperidine rings is 1. The number of thiophene rings is 1. The van der Waals surface area contributed by atoms with Crippen LogP contribution < -0.4 is 5.73 Å². The number of hydrogen-bond acceptors (Lipinski definition) is 5. The summed E-state index contributed by atoms with van der Waals surface area (Å²) in [6, 6.07) is 4.61. The second kappa shape index (κ2) is 8.20. The number of nitrogens with two attached hydrogens (primary N) is 1. The zero-order valence-electron chi connectivity index (χ0n) is 17.6. The molecule has 0 aromatic carbocycles. The van der Waals surface area contributed by atoms with Crippen LogP contribution in [0.15, 0.2) is 17.5 Å². The molecule has 5 rings (SSSR count). The van der Waals surface area contributed by atoms with Crippen LogP contribution in [0.4, 0.5) is 0 Å². The van der Waals surface area contributed by atoms with Crippen LogP contribution in [0.1, 0.15) is 51.5 Å². The maximum atomic E-state index is 11.5. The predicted molar refractivity (Wildman–Crippen MR) is 122 cm³/mol. The zero-order valence-corrected chi connectivity index (χ0v) is 19.2. The van der Waals surface area contributed by atoms with Gasteiger partial charge >= 0.3 is 0 Å². The number of likely N-dealkylation sites (tertiary alicyclic amines) is 1. The number of carbonyl (C=O) groups is 1. The Kier molecular flexibility index (Phi) is 5.58. The van der Waals surface area contributed by atoms with Crippen molar-refractivity contribution in [1.82, 2.24) is 19.2 Å². The first kappa shape index (κ1) is 20.4. The van der Waals surface area contributed by atoms with Gasteiger partial charge < -0.3 is 5.73 Å². The van der Waals surface area contributed by atoms with Gasteiger partial charge in [0.15, 0.2) is 10.6 Å². The molecule has 162 valence electrons. The topological polar surface area (TPSA) is 69.1 Å². The number of nitrogens with zero attached hydrogens (tertiary/aromatic N) is 4. The number of rotatable bonds is 6. The van der Waals surface area contributed by atoms with Gasteiger partial charge in [0.05, 0.1) is 11.5 Å². The molecular weight excluding hydrogens is 414 g/mol. The molecule has 1 saturated heterocycles. The Hall–Kier alpha value is -1.51. The number of carbonyl (C=O) groups excluding carboxylic acids is 1. The Balaban J connectivity index is 1.41. The molecule has 0 spiro atoms. The lowest BCUT2D eigenvalue weighted by atomic mass is 9.84. The first-order valence-corrected chi connectivity index (χ1v) is 12.5. The van der Waals surface area contributed by atoms with E-state index in [-0.39, 0.29) is 11.8 Å². The summed E-state index contributed by atoms with van der Waals surface area (Å²) in [4.78, 5) is 15.0. The lowest BCUT2D eigenvalue weighted by Crippen LogP contribution is -2.39. The molecule has 1 aliphatic heterocycles. The van der Waals surface area contributed by atoms with Gasteiger partial charge in [-0.3, -0.25) is 14.3 Å². The molecule has 6 nitrogen and oxygen atoms in total. The van der Waals surface area contributed by atoms with E-state index < -0.39 is 0 Å². The van der Waals surface area contributed by atoms with Gasteiger partial charge in [-0.2, -0.15) is 0 Å². The molecule has 2 saturated carbocycles. The van der Waals surface area contributed by atoms with E-state index in [0.717, 1.165) is 48.4 Å². The SMILES string of the molecule is C[C@H]([C@@H]1C[C@H]2CC[C@H]1C2)n1c(-c2cccs2)nn(CN2CCC(C(N)=O)CC2)c1=S. The van der Waals surface area contributed by atoms with Crippen LogP contribution in [0.3, 0.4) is 0 Å². The van der Waals surface area contributed by atoms with Gasteiger partial charge in [-0.15, -0.1) is 16.4 Å². The van der Waals surface area contributed by atoms with Crippen molar-refractivity contribution in [2.45, 2.75) is 58.2 Å². The number of primary amides is 1. The third-order valence-electron chi connectivity index (χ3n) is 7.76. The molecule has 30 heavy (non-hydrogen) atoms. The van der Waals surface area contributed by atoms with Crippen molar-refractivity contribution in [2.24, 2.45) is 29.4 Å². The molecule has 2 N–H and O–H groups in total. The average Bonchev–Trinajstić information content (AvgIpc) is 3.53. The van der Waals surface area contributed by atoms with Crippen molar-refractivity contribution < 1.29 is 4.79 Å². The van der Waals surface area contributed by atoms with Gasteiger partial charge in [-0.25, -0.2) is 4.68 Å². The van der Waals surface area contributed by atoms with Crippen LogP contribution in [0, 0.1) is 28.4 Å². The van der Waals surface area contributed by atoms with Crippen LogP contribution >= 0.6 is 23.6 Å². The molecule has 3 fully saturated rings. The van der Waals surface area contributed by atoms with E-state index in [1.807, 2.05) is 4.68 Å². The Morgan fingerprint density at radius 3 is 2.70 bits per heavy atom. The minimum absolute atomic E-state index is 0.00581. The van der Waals surface area contributed by atoms with E-state index in [9.17, 15) is 4.79 Å². The standard InChI is InChI=1S/C22H31N5OS2/c1-14(18-12-15-4-5-17(18)11-15)27-21(19-3-2-10-30-19)24-26(22(27)29)13-25-8-6-16(7-9-25)20(23)28/h2-3,10,14-18H,4-9,11-13H2,1H3,(H2,23,28)/t14-,15+,17+,18+/m1/s1. The fourth-order valence-electron chi connectivity index (χ4n) is 6.08. The normalized spacial score (nSPS) is 28.2. The molecule has 0 radical (unpaired) electrons. The third kappa shape index (κ3) is 3.67. The highest BCUT2D eigenvalue weighted by atomic mass is 32.1. The van der Waals surface area contributed by atoms with E-state index in [2.05, 4.69) is 33.9 Å². The van der Waals surface area contributed by atoms with Gasteiger partial charge in [-0.1, -0.05) is 12.5 Å². The Morgan fingerprint density at radius 2 is 2.10 bits per heavy atom. The molecule has 8 heteroatoms. The van der Waals surface area contributed by atoms with Crippen LogP contribution in [-0.4, -0.2) is 38.2 Å². The largest absolute Gasteiger partial charge is 0.369 e. The average molecular weight is 446 g/mol. The van der Waals surface area contributed by atoms with Crippen LogP contribution in [0.2, 0.25) is 0 Å². The van der Waals surface area contributed by atoms with Crippen LogP contribution in [0.5, 0.6) is 0 Å². The van der Waals surface area contributed by atoms with E-state index in [1.54, 1.807) is 11.3 Å². The van der Waals surface area contributed by atoms with Crippen LogP contribution in [-0.2, 0) is 11.5 Å². The summed E-state index contributed by atoms with van der Waals surface area (Å²) in [7, 11) is 0. The summed E-state index contributed by atoms with van der Waals surface area (Å²) in [5.41, 5.74) is 5.49. The molecule has 2 aliphatic carbocycles. The number of fused-ring (bicyclic) bond motifs is 2. The fraction of sp³-hybridized carbons (Fsp3) is 0.682. The van der Waals surface area contributed by atoms with E-state index in [4.69, 9.17) is 23.1 Å². The quantitative estimate of drug-likeness (QED) is 0.673. The Labute approximate surface area is 187 Å². The maximum absolute atomic E-state index is 11.5. The van der Waals surface area contributed by atoms with Crippen LogP contribution in [0.25, 0.3) is 10.7 Å². The number of aromatic nitrogens is 3. The summed E-state index contributed by atoms with van der Waals surface area (Å²) < 4.78 is 5.16. The lowest BCUT2D eigenvalue weighted by molar-refractivity contribution is -0.123. The second-order valence-electron chi connectivity index (χ2n) is 9.47. The van der Waals surface area contributed by atoms with Gasteiger partial charge in [0.25, 0.3) is 0 Å². The van der Waals surface area contributed by atoms with Crippen molar-refractivity contribution in [3.63, 3.8) is 0 Å². The van der Waals surface area contributed by atoms with Crippen molar-refractivity contribution in [2.75, 3.05) is 13.1 Å². The molecule has 2 aromatic rings. The highest BCUT2D eigenvalue weighted by Crippen LogP contribution is 2.52. The smallest absolute Gasteiger partial charge is 0.220 e. The second-order valence-corrected chi connectivity index (χ2v) is 10.8. The van der Waals surface area contributed by atoms with Gasteiger partial charge in [0, 0.05) is 25.0 Å².